The molecule has 0 heterocycles. The summed E-state index contributed by atoms with van der Waals surface area (Å²) in [5.41, 5.74) is 4.07. The Morgan fingerprint density at radius 1 is 1.15 bits per heavy atom. The molecule has 0 aliphatic heterocycles. The molecular formula is C20H22N2O3S. The quantitative estimate of drug-likeness (QED) is 0.734. The van der Waals surface area contributed by atoms with Crippen LogP contribution in [0.1, 0.15) is 22.3 Å². The summed E-state index contributed by atoms with van der Waals surface area (Å²) in [6.45, 7) is 6.03. The highest BCUT2D eigenvalue weighted by atomic mass is 32.2. The maximum Gasteiger partial charge on any atom is 0.244 e. The second-order valence-electron chi connectivity index (χ2n) is 5.96. The molecule has 26 heavy (non-hydrogen) atoms. The van der Waals surface area contributed by atoms with Crippen molar-refractivity contribution in [1.82, 2.24) is 5.32 Å². The fraction of sp³-hybridized carbons (Fsp3) is 0.150. The molecule has 0 atom stereocenters. The van der Waals surface area contributed by atoms with E-state index in [1.54, 1.807) is 30.4 Å². The van der Waals surface area contributed by atoms with Gasteiger partial charge in [-0.3, -0.25) is 9.52 Å². The Kier molecular flexibility index (Phi) is 6.36. The largest absolute Gasteiger partial charge is 0.348 e. The van der Waals surface area contributed by atoms with Gasteiger partial charge in [-0.05, 0) is 41.8 Å². The van der Waals surface area contributed by atoms with Crippen LogP contribution in [0.3, 0.4) is 0 Å². The van der Waals surface area contributed by atoms with Crippen LogP contribution in [-0.4, -0.2) is 20.6 Å². The van der Waals surface area contributed by atoms with Crippen molar-refractivity contribution in [2.45, 2.75) is 13.5 Å². The molecule has 1 amide bonds. The molecule has 2 rings (SSSR count). The highest BCUT2D eigenvalue weighted by Crippen LogP contribution is 2.20. The summed E-state index contributed by atoms with van der Waals surface area (Å²) >= 11 is 0. The van der Waals surface area contributed by atoms with Gasteiger partial charge in [0.15, 0.2) is 0 Å². The first-order chi connectivity index (χ1) is 12.3. The zero-order valence-electron chi connectivity index (χ0n) is 14.8. The SMILES string of the molecule is C=Cc1cc(CNC(=O)/C=C/c2ccc(C)cc2)ccc1NS(C)(=O)=O. The fourth-order valence-electron chi connectivity index (χ4n) is 2.28. The van der Waals surface area contributed by atoms with Crippen molar-refractivity contribution < 1.29 is 13.2 Å². The number of anilines is 1. The molecule has 0 unspecified atom stereocenters. The third-order valence-corrected chi connectivity index (χ3v) is 4.19. The molecule has 0 radical (unpaired) electrons. The van der Waals surface area contributed by atoms with Crippen molar-refractivity contribution in [2.75, 3.05) is 11.0 Å². The molecule has 2 aromatic rings. The lowest BCUT2D eigenvalue weighted by Crippen LogP contribution is -2.20. The van der Waals surface area contributed by atoms with Crippen molar-refractivity contribution in [3.8, 4) is 0 Å². The van der Waals surface area contributed by atoms with Crippen LogP contribution in [-0.2, 0) is 21.4 Å². The summed E-state index contributed by atoms with van der Waals surface area (Å²) in [4.78, 5) is 12.0. The number of aryl methyl sites for hydroxylation is 1. The predicted molar refractivity (Wildman–Crippen MR) is 107 cm³/mol. The third kappa shape index (κ3) is 6.22. The molecule has 0 aromatic heterocycles. The Labute approximate surface area is 154 Å². The van der Waals surface area contributed by atoms with Gasteiger partial charge in [-0.15, -0.1) is 0 Å². The minimum Gasteiger partial charge on any atom is -0.348 e. The van der Waals surface area contributed by atoms with E-state index in [2.05, 4.69) is 16.6 Å². The first kappa shape index (κ1) is 19.5. The molecule has 0 aliphatic rings. The molecule has 0 bridgehead atoms. The lowest BCUT2D eigenvalue weighted by Gasteiger charge is -2.10. The topological polar surface area (TPSA) is 75.3 Å². The smallest absolute Gasteiger partial charge is 0.244 e. The first-order valence-corrected chi connectivity index (χ1v) is 9.92. The molecule has 5 nitrogen and oxygen atoms in total. The Bertz CT molecular complexity index is 930. The number of benzene rings is 2. The number of hydrogen-bond acceptors (Lipinski definition) is 3. The fourth-order valence-corrected chi connectivity index (χ4v) is 2.87. The Morgan fingerprint density at radius 2 is 1.85 bits per heavy atom. The van der Waals surface area contributed by atoms with E-state index in [4.69, 9.17) is 0 Å². The van der Waals surface area contributed by atoms with Gasteiger partial charge in [-0.1, -0.05) is 48.6 Å². The van der Waals surface area contributed by atoms with E-state index in [-0.39, 0.29) is 5.91 Å². The van der Waals surface area contributed by atoms with E-state index in [1.807, 2.05) is 31.2 Å². The zero-order chi connectivity index (χ0) is 19.2. The number of amides is 1. The third-order valence-electron chi connectivity index (χ3n) is 3.60. The predicted octanol–water partition coefficient (Wildman–Crippen LogP) is 3.34. The molecule has 136 valence electrons. The summed E-state index contributed by atoms with van der Waals surface area (Å²) in [6, 6.07) is 13.1. The summed E-state index contributed by atoms with van der Waals surface area (Å²) in [5.74, 6) is -0.205. The molecular weight excluding hydrogens is 348 g/mol. The Balaban J connectivity index is 1.99. The van der Waals surface area contributed by atoms with Gasteiger partial charge in [0.1, 0.15) is 0 Å². The summed E-state index contributed by atoms with van der Waals surface area (Å²) in [6.07, 6.45) is 5.90. The van der Waals surface area contributed by atoms with Gasteiger partial charge in [0.2, 0.25) is 15.9 Å². The van der Waals surface area contributed by atoms with Crippen molar-refractivity contribution in [1.29, 1.82) is 0 Å². The van der Waals surface area contributed by atoms with Crippen LogP contribution in [0.15, 0.2) is 55.1 Å². The van der Waals surface area contributed by atoms with E-state index < -0.39 is 10.0 Å². The summed E-state index contributed by atoms with van der Waals surface area (Å²) < 4.78 is 25.2. The van der Waals surface area contributed by atoms with Crippen LogP contribution in [0.5, 0.6) is 0 Å². The second kappa shape index (κ2) is 8.49. The molecule has 0 aliphatic carbocycles. The second-order valence-corrected chi connectivity index (χ2v) is 7.71. The van der Waals surface area contributed by atoms with E-state index in [9.17, 15) is 13.2 Å². The van der Waals surface area contributed by atoms with Crippen LogP contribution in [0, 0.1) is 6.92 Å². The van der Waals surface area contributed by atoms with E-state index in [1.165, 1.54) is 11.6 Å². The number of sulfonamides is 1. The van der Waals surface area contributed by atoms with Crippen LogP contribution in [0.2, 0.25) is 0 Å². The van der Waals surface area contributed by atoms with Crippen LogP contribution >= 0.6 is 0 Å². The molecule has 0 saturated heterocycles. The highest BCUT2D eigenvalue weighted by Gasteiger charge is 2.07. The number of rotatable bonds is 7. The maximum absolute atomic E-state index is 12.0. The maximum atomic E-state index is 12.0. The van der Waals surface area contributed by atoms with Gasteiger partial charge >= 0.3 is 0 Å². The van der Waals surface area contributed by atoms with E-state index in [0.717, 1.165) is 17.4 Å². The summed E-state index contributed by atoms with van der Waals surface area (Å²) in [7, 11) is -3.36. The number of hydrogen-bond donors (Lipinski definition) is 2. The van der Waals surface area contributed by atoms with Crippen LogP contribution in [0.4, 0.5) is 5.69 Å². The van der Waals surface area contributed by atoms with Crippen molar-refractivity contribution >= 4 is 33.8 Å². The average Bonchev–Trinajstić information content (AvgIpc) is 2.59. The first-order valence-electron chi connectivity index (χ1n) is 8.02. The molecule has 2 N–H and O–H groups in total. The minimum atomic E-state index is -3.36. The van der Waals surface area contributed by atoms with Gasteiger partial charge in [0, 0.05) is 12.6 Å². The highest BCUT2D eigenvalue weighted by molar-refractivity contribution is 7.92. The number of carbonyl (C=O) groups excluding carboxylic acids is 1. The molecule has 6 heteroatoms. The zero-order valence-corrected chi connectivity index (χ0v) is 15.6. The molecule has 2 aromatic carbocycles. The van der Waals surface area contributed by atoms with Gasteiger partial charge in [-0.25, -0.2) is 8.42 Å². The van der Waals surface area contributed by atoms with E-state index >= 15 is 0 Å². The standard InChI is InChI=1S/C20H22N2O3S/c1-4-18-13-17(9-11-19(18)22-26(3,24)25)14-21-20(23)12-10-16-7-5-15(2)6-8-16/h4-13,22H,1,14H2,2-3H3,(H,21,23)/b12-10+. The van der Waals surface area contributed by atoms with Gasteiger partial charge in [0.05, 0.1) is 11.9 Å². The average molecular weight is 370 g/mol. The normalized spacial score (nSPS) is 11.3. The lowest BCUT2D eigenvalue weighted by molar-refractivity contribution is -0.116. The van der Waals surface area contributed by atoms with E-state index in [0.29, 0.717) is 17.8 Å². The Hall–Kier alpha value is -2.86. The molecule has 0 spiro atoms. The number of nitrogens with one attached hydrogen (secondary N) is 2. The van der Waals surface area contributed by atoms with Crippen LogP contribution < -0.4 is 10.0 Å². The van der Waals surface area contributed by atoms with Crippen molar-refractivity contribution in [2.24, 2.45) is 0 Å². The lowest BCUT2D eigenvalue weighted by atomic mass is 10.1. The van der Waals surface area contributed by atoms with Crippen molar-refractivity contribution in [3.05, 3.63) is 77.4 Å². The van der Waals surface area contributed by atoms with Gasteiger partial charge < -0.3 is 5.32 Å². The monoisotopic (exact) mass is 370 g/mol. The minimum absolute atomic E-state index is 0.205. The van der Waals surface area contributed by atoms with Crippen LogP contribution in [0.25, 0.3) is 12.2 Å². The van der Waals surface area contributed by atoms with Gasteiger partial charge in [0.25, 0.3) is 0 Å². The molecule has 0 saturated carbocycles. The molecule has 0 fully saturated rings. The summed E-state index contributed by atoms with van der Waals surface area (Å²) in [5, 5.41) is 2.80. The van der Waals surface area contributed by atoms with Gasteiger partial charge in [-0.2, -0.15) is 0 Å². The Morgan fingerprint density at radius 3 is 2.46 bits per heavy atom. The van der Waals surface area contributed by atoms with Crippen molar-refractivity contribution in [3.63, 3.8) is 0 Å². The number of carbonyl (C=O) groups is 1.